The minimum Gasteiger partial charge on any atom is -0.459 e. The second-order valence-corrected chi connectivity index (χ2v) is 5.27. The second kappa shape index (κ2) is 8.93. The predicted octanol–water partition coefficient (Wildman–Crippen LogP) is 3.00. The number of carbonyl (C=O) groups excluding carboxylic acids is 2. The van der Waals surface area contributed by atoms with Gasteiger partial charge in [-0.3, -0.25) is 9.59 Å². The van der Waals surface area contributed by atoms with Crippen molar-refractivity contribution in [1.82, 2.24) is 10.6 Å². The number of furan rings is 1. The van der Waals surface area contributed by atoms with Crippen LogP contribution in [-0.2, 0) is 11.3 Å². The molecule has 0 radical (unpaired) electrons. The largest absolute Gasteiger partial charge is 0.573 e. The molecular weight excluding hydrogens is 353 g/mol. The molecule has 6 nitrogen and oxygen atoms in total. The average Bonchev–Trinajstić information content (AvgIpc) is 3.11. The van der Waals surface area contributed by atoms with Crippen LogP contribution < -0.4 is 15.4 Å². The van der Waals surface area contributed by atoms with Crippen LogP contribution in [0.25, 0.3) is 0 Å². The highest BCUT2D eigenvalue weighted by Crippen LogP contribution is 2.26. The summed E-state index contributed by atoms with van der Waals surface area (Å²) in [5, 5.41) is 5.11. The fraction of sp³-hybridized carbons (Fsp3) is 0.294. The topological polar surface area (TPSA) is 80.6 Å². The molecule has 0 saturated heterocycles. The number of benzene rings is 1. The van der Waals surface area contributed by atoms with E-state index in [-0.39, 0.29) is 48.4 Å². The Morgan fingerprint density at radius 2 is 1.85 bits per heavy atom. The summed E-state index contributed by atoms with van der Waals surface area (Å²) in [7, 11) is 0. The van der Waals surface area contributed by atoms with Crippen LogP contribution in [0.4, 0.5) is 13.2 Å². The maximum Gasteiger partial charge on any atom is 0.573 e. The van der Waals surface area contributed by atoms with Gasteiger partial charge in [-0.05, 0) is 24.6 Å². The molecule has 2 N–H and O–H groups in total. The van der Waals surface area contributed by atoms with Gasteiger partial charge in [0.25, 0.3) is 5.91 Å². The number of hydrogen-bond acceptors (Lipinski definition) is 4. The van der Waals surface area contributed by atoms with E-state index in [1.807, 2.05) is 0 Å². The van der Waals surface area contributed by atoms with Gasteiger partial charge in [0.15, 0.2) is 5.76 Å². The van der Waals surface area contributed by atoms with Gasteiger partial charge in [0.1, 0.15) is 5.75 Å². The summed E-state index contributed by atoms with van der Waals surface area (Å²) in [6.45, 7) is 0.171. The van der Waals surface area contributed by atoms with Gasteiger partial charge in [0.2, 0.25) is 5.91 Å². The van der Waals surface area contributed by atoms with Gasteiger partial charge in [-0.15, -0.1) is 13.2 Å². The van der Waals surface area contributed by atoms with Crippen molar-refractivity contribution in [3.63, 3.8) is 0 Å². The van der Waals surface area contributed by atoms with Crippen molar-refractivity contribution in [3.05, 3.63) is 54.0 Å². The summed E-state index contributed by atoms with van der Waals surface area (Å²) in [4.78, 5) is 23.4. The van der Waals surface area contributed by atoms with E-state index in [1.54, 1.807) is 12.1 Å². The maximum atomic E-state index is 12.3. The first-order valence-corrected chi connectivity index (χ1v) is 7.77. The molecule has 140 valence electrons. The molecule has 1 heterocycles. The number of amides is 2. The van der Waals surface area contributed by atoms with E-state index in [9.17, 15) is 22.8 Å². The fourth-order valence-electron chi connectivity index (χ4n) is 2.10. The third kappa shape index (κ3) is 6.50. The van der Waals surface area contributed by atoms with Crippen LogP contribution in [0, 0.1) is 0 Å². The van der Waals surface area contributed by atoms with Gasteiger partial charge in [0, 0.05) is 25.1 Å². The molecule has 9 heteroatoms. The molecule has 0 unspecified atom stereocenters. The van der Waals surface area contributed by atoms with Gasteiger partial charge in [-0.1, -0.05) is 18.2 Å². The van der Waals surface area contributed by atoms with Crippen LogP contribution in [0.15, 0.2) is 47.1 Å². The molecular formula is C17H17F3N2O4. The van der Waals surface area contributed by atoms with Crippen LogP contribution in [-0.4, -0.2) is 24.7 Å². The van der Waals surface area contributed by atoms with Crippen LogP contribution in [0.3, 0.4) is 0 Å². The van der Waals surface area contributed by atoms with Gasteiger partial charge in [-0.2, -0.15) is 0 Å². The van der Waals surface area contributed by atoms with Crippen molar-refractivity contribution >= 4 is 11.8 Å². The van der Waals surface area contributed by atoms with Crippen molar-refractivity contribution in [3.8, 4) is 5.75 Å². The number of carbonyl (C=O) groups is 2. The normalized spacial score (nSPS) is 11.0. The lowest BCUT2D eigenvalue weighted by Gasteiger charge is -2.13. The second-order valence-electron chi connectivity index (χ2n) is 5.27. The van der Waals surface area contributed by atoms with Crippen LogP contribution in [0.2, 0.25) is 0 Å². The lowest BCUT2D eigenvalue weighted by atomic mass is 10.2. The summed E-state index contributed by atoms with van der Waals surface area (Å²) in [5.41, 5.74) is 0.212. The predicted molar refractivity (Wildman–Crippen MR) is 85.2 cm³/mol. The highest BCUT2D eigenvalue weighted by atomic mass is 19.4. The molecule has 0 aliphatic rings. The molecule has 2 rings (SSSR count). The molecule has 0 fully saturated rings. The third-order valence-electron chi connectivity index (χ3n) is 3.29. The highest BCUT2D eigenvalue weighted by Gasteiger charge is 2.31. The summed E-state index contributed by atoms with van der Waals surface area (Å²) >= 11 is 0. The SMILES string of the molecule is O=C(CCCNC(=O)c1ccco1)NCc1ccccc1OC(F)(F)F. The zero-order valence-electron chi connectivity index (χ0n) is 13.6. The van der Waals surface area contributed by atoms with Gasteiger partial charge in [-0.25, -0.2) is 0 Å². The van der Waals surface area contributed by atoms with Gasteiger partial charge >= 0.3 is 6.36 Å². The minimum atomic E-state index is -4.80. The van der Waals surface area contributed by atoms with E-state index >= 15 is 0 Å². The van der Waals surface area contributed by atoms with Crippen LogP contribution >= 0.6 is 0 Å². The van der Waals surface area contributed by atoms with Crippen LogP contribution in [0.1, 0.15) is 29.0 Å². The first-order chi connectivity index (χ1) is 12.3. The van der Waals surface area contributed by atoms with Crippen molar-refractivity contribution < 1.29 is 31.9 Å². The molecule has 0 aliphatic heterocycles. The quantitative estimate of drug-likeness (QED) is 0.700. The summed E-state index contributed by atoms with van der Waals surface area (Å²) in [6.07, 6.45) is -2.94. The number of halogens is 3. The van der Waals surface area contributed by atoms with E-state index < -0.39 is 6.36 Å². The van der Waals surface area contributed by atoms with Crippen molar-refractivity contribution in [2.75, 3.05) is 6.54 Å². The fourth-order valence-corrected chi connectivity index (χ4v) is 2.10. The first kappa shape index (κ1) is 19.4. The lowest BCUT2D eigenvalue weighted by Crippen LogP contribution is -2.27. The Morgan fingerprint density at radius 1 is 1.08 bits per heavy atom. The number of para-hydroxylation sites is 1. The molecule has 0 spiro atoms. The number of nitrogens with one attached hydrogen (secondary N) is 2. The molecule has 0 atom stereocenters. The zero-order chi connectivity index (χ0) is 19.0. The maximum absolute atomic E-state index is 12.3. The Hall–Kier alpha value is -2.97. The minimum absolute atomic E-state index is 0.0934. The van der Waals surface area contributed by atoms with Gasteiger partial charge in [0.05, 0.1) is 6.26 Å². The molecule has 2 amide bonds. The van der Waals surface area contributed by atoms with E-state index in [4.69, 9.17) is 4.42 Å². The number of ether oxygens (including phenoxy) is 1. The Labute approximate surface area is 147 Å². The first-order valence-electron chi connectivity index (χ1n) is 7.77. The number of rotatable bonds is 8. The number of hydrogen-bond donors (Lipinski definition) is 2. The molecule has 1 aromatic carbocycles. The third-order valence-corrected chi connectivity index (χ3v) is 3.29. The summed E-state index contributed by atoms with van der Waals surface area (Å²) < 4.78 is 45.9. The van der Waals surface area contributed by atoms with E-state index in [1.165, 1.54) is 30.5 Å². The zero-order valence-corrected chi connectivity index (χ0v) is 13.6. The molecule has 0 aliphatic carbocycles. The Balaban J connectivity index is 1.71. The smallest absolute Gasteiger partial charge is 0.459 e. The standard InChI is InChI=1S/C17H17F3N2O4/c18-17(19,20)26-13-6-2-1-5-12(13)11-22-15(23)8-3-9-21-16(24)14-7-4-10-25-14/h1-2,4-7,10H,3,8-9,11H2,(H,21,24)(H,22,23). The van der Waals surface area contributed by atoms with E-state index in [0.717, 1.165) is 0 Å². The van der Waals surface area contributed by atoms with Crippen molar-refractivity contribution in [2.45, 2.75) is 25.7 Å². The van der Waals surface area contributed by atoms with E-state index in [0.29, 0.717) is 6.42 Å². The highest BCUT2D eigenvalue weighted by molar-refractivity contribution is 5.91. The molecule has 1 aromatic heterocycles. The molecule has 2 aromatic rings. The van der Waals surface area contributed by atoms with Crippen molar-refractivity contribution in [1.29, 1.82) is 0 Å². The summed E-state index contributed by atoms with van der Waals surface area (Å²) in [6, 6.07) is 8.68. The molecule has 26 heavy (non-hydrogen) atoms. The molecule has 0 bridgehead atoms. The van der Waals surface area contributed by atoms with Gasteiger partial charge < -0.3 is 19.8 Å². The lowest BCUT2D eigenvalue weighted by molar-refractivity contribution is -0.274. The van der Waals surface area contributed by atoms with Crippen LogP contribution in [0.5, 0.6) is 5.75 Å². The Morgan fingerprint density at radius 3 is 2.54 bits per heavy atom. The summed E-state index contributed by atoms with van der Waals surface area (Å²) in [5.74, 6) is -0.908. The Bertz CT molecular complexity index is 730. The molecule has 0 saturated carbocycles. The monoisotopic (exact) mass is 370 g/mol. The van der Waals surface area contributed by atoms with Crippen molar-refractivity contribution in [2.24, 2.45) is 0 Å². The number of alkyl halides is 3. The average molecular weight is 370 g/mol. The van der Waals surface area contributed by atoms with E-state index in [2.05, 4.69) is 15.4 Å². The Kier molecular flexibility index (Phi) is 6.65.